The summed E-state index contributed by atoms with van der Waals surface area (Å²) in [4.78, 5) is 45.5. The van der Waals surface area contributed by atoms with Gasteiger partial charge in [0.25, 0.3) is 0 Å². The number of carbonyl (C=O) groups excluding carboxylic acids is 4. The first-order valence-electron chi connectivity index (χ1n) is 6.47. The molecule has 0 aliphatic carbocycles. The summed E-state index contributed by atoms with van der Waals surface area (Å²) in [6.45, 7) is 2.73. The number of hydrogen-bond acceptors (Lipinski definition) is 4. The number of nitrogens with two attached hydrogens (primary N) is 2. The first kappa shape index (κ1) is 16.6. The predicted molar refractivity (Wildman–Crippen MR) is 76.8 cm³/mol. The third kappa shape index (κ3) is 4.52. The van der Waals surface area contributed by atoms with E-state index in [2.05, 4.69) is 0 Å². The van der Waals surface area contributed by atoms with E-state index in [1.165, 1.54) is 32.0 Å². The molecule has 0 spiro atoms. The second-order valence-corrected chi connectivity index (χ2v) is 4.92. The second kappa shape index (κ2) is 6.78. The number of primary amides is 2. The van der Waals surface area contributed by atoms with Gasteiger partial charge in [0, 0.05) is 17.5 Å². The SMILES string of the molecule is CC(=O)c1cc(C(C)=O)cc(C(CCC(N)=O)C(N)=O)c1. The fourth-order valence-electron chi connectivity index (χ4n) is 2.02. The van der Waals surface area contributed by atoms with E-state index in [0.717, 1.165) is 0 Å². The smallest absolute Gasteiger partial charge is 0.224 e. The molecule has 1 unspecified atom stereocenters. The highest BCUT2D eigenvalue weighted by atomic mass is 16.2. The molecule has 0 heterocycles. The lowest BCUT2D eigenvalue weighted by atomic mass is 9.89. The monoisotopic (exact) mass is 290 g/mol. The minimum Gasteiger partial charge on any atom is -0.370 e. The molecule has 0 fully saturated rings. The van der Waals surface area contributed by atoms with Crippen molar-refractivity contribution in [3.05, 3.63) is 34.9 Å². The first-order chi connectivity index (χ1) is 9.72. The highest BCUT2D eigenvalue weighted by molar-refractivity contribution is 6.00. The maximum atomic E-state index is 11.6. The lowest BCUT2D eigenvalue weighted by Gasteiger charge is -2.15. The van der Waals surface area contributed by atoms with Gasteiger partial charge in [-0.1, -0.05) is 0 Å². The zero-order valence-electron chi connectivity index (χ0n) is 12.0. The van der Waals surface area contributed by atoms with Gasteiger partial charge in [0.1, 0.15) is 0 Å². The summed E-state index contributed by atoms with van der Waals surface area (Å²) in [5, 5.41) is 0. The van der Waals surface area contributed by atoms with Crippen molar-refractivity contribution in [2.45, 2.75) is 32.6 Å². The van der Waals surface area contributed by atoms with Gasteiger partial charge in [0.15, 0.2) is 11.6 Å². The molecule has 1 atom stereocenters. The molecule has 0 saturated heterocycles. The van der Waals surface area contributed by atoms with Crippen molar-refractivity contribution >= 4 is 23.4 Å². The standard InChI is InChI=1S/C15H18N2O4/c1-8(18)10-5-11(9(2)19)7-12(6-10)13(15(17)21)3-4-14(16)20/h5-7,13H,3-4H2,1-2H3,(H2,16,20)(H2,17,21). The number of rotatable bonds is 7. The molecular formula is C15H18N2O4. The van der Waals surface area contributed by atoms with Crippen LogP contribution in [0.4, 0.5) is 0 Å². The van der Waals surface area contributed by atoms with Crippen LogP contribution in [0, 0.1) is 0 Å². The number of hydrogen-bond donors (Lipinski definition) is 2. The van der Waals surface area contributed by atoms with Gasteiger partial charge in [-0.05, 0) is 44.0 Å². The van der Waals surface area contributed by atoms with Crippen molar-refractivity contribution in [3.8, 4) is 0 Å². The average Bonchev–Trinajstić information content (AvgIpc) is 2.37. The zero-order chi connectivity index (χ0) is 16.2. The van der Waals surface area contributed by atoms with Gasteiger partial charge in [-0.3, -0.25) is 19.2 Å². The van der Waals surface area contributed by atoms with Crippen LogP contribution >= 0.6 is 0 Å². The summed E-state index contributed by atoms with van der Waals surface area (Å²) >= 11 is 0. The molecule has 6 nitrogen and oxygen atoms in total. The van der Waals surface area contributed by atoms with Gasteiger partial charge in [-0.15, -0.1) is 0 Å². The van der Waals surface area contributed by atoms with Crippen LogP contribution in [0.2, 0.25) is 0 Å². The van der Waals surface area contributed by atoms with E-state index in [4.69, 9.17) is 11.5 Å². The summed E-state index contributed by atoms with van der Waals surface area (Å²) in [5.74, 6) is -2.40. The second-order valence-electron chi connectivity index (χ2n) is 4.92. The fourth-order valence-corrected chi connectivity index (χ4v) is 2.02. The Morgan fingerprint density at radius 1 is 0.952 bits per heavy atom. The largest absolute Gasteiger partial charge is 0.370 e. The molecule has 0 saturated carbocycles. The molecule has 1 rings (SSSR count). The Labute approximate surface area is 122 Å². The molecule has 0 aromatic heterocycles. The molecule has 0 radical (unpaired) electrons. The molecule has 0 aliphatic heterocycles. The maximum Gasteiger partial charge on any atom is 0.224 e. The summed E-state index contributed by atoms with van der Waals surface area (Å²) in [5.41, 5.74) is 11.5. The van der Waals surface area contributed by atoms with Gasteiger partial charge in [-0.2, -0.15) is 0 Å². The van der Waals surface area contributed by atoms with E-state index in [1.54, 1.807) is 0 Å². The first-order valence-corrected chi connectivity index (χ1v) is 6.47. The van der Waals surface area contributed by atoms with Crippen LogP contribution in [0.15, 0.2) is 18.2 Å². The van der Waals surface area contributed by atoms with E-state index >= 15 is 0 Å². The molecule has 2 amide bonds. The molecule has 112 valence electrons. The van der Waals surface area contributed by atoms with Crippen LogP contribution in [0.25, 0.3) is 0 Å². The van der Waals surface area contributed by atoms with Crippen molar-refractivity contribution in [2.24, 2.45) is 11.5 Å². The Morgan fingerprint density at radius 3 is 1.76 bits per heavy atom. The Bertz CT molecular complexity index is 575. The summed E-state index contributed by atoms with van der Waals surface area (Å²) in [7, 11) is 0. The third-order valence-electron chi connectivity index (χ3n) is 3.19. The lowest BCUT2D eigenvalue weighted by Crippen LogP contribution is -2.24. The highest BCUT2D eigenvalue weighted by Crippen LogP contribution is 2.24. The van der Waals surface area contributed by atoms with E-state index in [-0.39, 0.29) is 24.4 Å². The molecule has 1 aromatic rings. The van der Waals surface area contributed by atoms with Gasteiger partial charge >= 0.3 is 0 Å². The van der Waals surface area contributed by atoms with Crippen LogP contribution in [0.3, 0.4) is 0 Å². The van der Waals surface area contributed by atoms with Gasteiger partial charge in [0.05, 0.1) is 5.92 Å². The topological polar surface area (TPSA) is 120 Å². The van der Waals surface area contributed by atoms with E-state index in [1.807, 2.05) is 0 Å². The Balaban J connectivity index is 3.29. The quantitative estimate of drug-likeness (QED) is 0.725. The summed E-state index contributed by atoms with van der Waals surface area (Å²) in [6.07, 6.45) is 0.136. The summed E-state index contributed by atoms with van der Waals surface area (Å²) in [6, 6.07) is 4.51. The number of amides is 2. The van der Waals surface area contributed by atoms with Crippen molar-refractivity contribution in [3.63, 3.8) is 0 Å². The van der Waals surface area contributed by atoms with E-state index in [0.29, 0.717) is 16.7 Å². The minimum absolute atomic E-state index is 0.00664. The molecule has 0 bridgehead atoms. The van der Waals surface area contributed by atoms with Crippen molar-refractivity contribution in [1.82, 2.24) is 0 Å². The molecule has 6 heteroatoms. The Hall–Kier alpha value is -2.50. The van der Waals surface area contributed by atoms with Gasteiger partial charge < -0.3 is 11.5 Å². The predicted octanol–water partition coefficient (Wildman–Crippen LogP) is 0.926. The van der Waals surface area contributed by atoms with Crippen molar-refractivity contribution in [2.75, 3.05) is 0 Å². The molecule has 4 N–H and O–H groups in total. The van der Waals surface area contributed by atoms with Gasteiger partial charge in [-0.25, -0.2) is 0 Å². The zero-order valence-corrected chi connectivity index (χ0v) is 12.0. The molecule has 0 aliphatic rings. The minimum atomic E-state index is -0.769. The Kier molecular flexibility index (Phi) is 5.35. The number of carbonyl (C=O) groups is 4. The van der Waals surface area contributed by atoms with E-state index < -0.39 is 17.7 Å². The number of ketones is 2. The highest BCUT2D eigenvalue weighted by Gasteiger charge is 2.21. The normalized spacial score (nSPS) is 11.7. The third-order valence-corrected chi connectivity index (χ3v) is 3.19. The average molecular weight is 290 g/mol. The summed E-state index contributed by atoms with van der Waals surface area (Å²) < 4.78 is 0. The molecule has 21 heavy (non-hydrogen) atoms. The van der Waals surface area contributed by atoms with Crippen LogP contribution in [-0.2, 0) is 9.59 Å². The molecular weight excluding hydrogens is 272 g/mol. The van der Waals surface area contributed by atoms with E-state index in [9.17, 15) is 19.2 Å². The maximum absolute atomic E-state index is 11.6. The van der Waals surface area contributed by atoms with Crippen LogP contribution in [-0.4, -0.2) is 23.4 Å². The van der Waals surface area contributed by atoms with Crippen LogP contribution < -0.4 is 11.5 Å². The number of benzene rings is 1. The van der Waals surface area contributed by atoms with Crippen molar-refractivity contribution < 1.29 is 19.2 Å². The van der Waals surface area contributed by atoms with Gasteiger partial charge in [0.2, 0.25) is 11.8 Å². The van der Waals surface area contributed by atoms with Crippen LogP contribution in [0.5, 0.6) is 0 Å². The molecule has 1 aromatic carbocycles. The number of Topliss-reactive ketones (excluding diaryl/α,β-unsaturated/α-hetero) is 2. The lowest BCUT2D eigenvalue weighted by molar-refractivity contribution is -0.120. The van der Waals surface area contributed by atoms with Crippen LogP contribution in [0.1, 0.15) is 58.9 Å². The van der Waals surface area contributed by atoms with Crippen molar-refractivity contribution in [1.29, 1.82) is 0 Å². The fraction of sp³-hybridized carbons (Fsp3) is 0.333. The Morgan fingerprint density at radius 2 is 1.43 bits per heavy atom.